The van der Waals surface area contributed by atoms with Gasteiger partial charge in [-0.2, -0.15) is 0 Å². The number of nitrogens with zero attached hydrogens (tertiary/aromatic N) is 1. The Morgan fingerprint density at radius 1 is 0.900 bits per heavy atom. The van der Waals surface area contributed by atoms with Gasteiger partial charge in [-0.05, 0) is 38.0 Å². The SMILES string of the molecule is Cc1ccc(C(N)CCN(C)c2ccc(C)cc2)cc1. The number of anilines is 1. The summed E-state index contributed by atoms with van der Waals surface area (Å²) in [5.74, 6) is 0. The molecule has 0 saturated heterocycles. The molecule has 0 bridgehead atoms. The molecule has 0 aliphatic rings. The van der Waals surface area contributed by atoms with E-state index in [1.54, 1.807) is 0 Å². The van der Waals surface area contributed by atoms with E-state index in [4.69, 9.17) is 5.73 Å². The maximum atomic E-state index is 6.27. The summed E-state index contributed by atoms with van der Waals surface area (Å²) in [4.78, 5) is 2.26. The smallest absolute Gasteiger partial charge is 0.0363 e. The van der Waals surface area contributed by atoms with Crippen LogP contribution in [-0.2, 0) is 0 Å². The number of aryl methyl sites for hydroxylation is 2. The average Bonchev–Trinajstić information content (AvgIpc) is 2.46. The lowest BCUT2D eigenvalue weighted by Gasteiger charge is -2.22. The van der Waals surface area contributed by atoms with Gasteiger partial charge in [0.05, 0.1) is 0 Å². The van der Waals surface area contributed by atoms with Crippen molar-refractivity contribution >= 4 is 5.69 Å². The fourth-order valence-corrected chi connectivity index (χ4v) is 2.24. The maximum Gasteiger partial charge on any atom is 0.0363 e. The summed E-state index contributed by atoms with van der Waals surface area (Å²) in [6, 6.07) is 17.2. The number of hydrogen-bond donors (Lipinski definition) is 1. The molecule has 0 radical (unpaired) electrons. The first kappa shape index (κ1) is 14.6. The van der Waals surface area contributed by atoms with Crippen LogP contribution in [0, 0.1) is 13.8 Å². The maximum absolute atomic E-state index is 6.27. The molecular formula is C18H24N2. The summed E-state index contributed by atoms with van der Waals surface area (Å²) in [5.41, 5.74) is 11.3. The monoisotopic (exact) mass is 268 g/mol. The Bertz CT molecular complexity index is 477. The Morgan fingerprint density at radius 3 is 1.95 bits per heavy atom. The van der Waals surface area contributed by atoms with Crippen molar-refractivity contribution in [2.75, 3.05) is 18.5 Å². The normalized spacial score (nSPS) is 12.2. The number of hydrogen-bond acceptors (Lipinski definition) is 2. The van der Waals surface area contributed by atoms with Gasteiger partial charge < -0.3 is 10.6 Å². The molecule has 0 amide bonds. The summed E-state index contributed by atoms with van der Waals surface area (Å²) in [7, 11) is 2.12. The van der Waals surface area contributed by atoms with Gasteiger partial charge in [-0.3, -0.25) is 0 Å². The average molecular weight is 268 g/mol. The third-order valence-electron chi connectivity index (χ3n) is 3.76. The van der Waals surface area contributed by atoms with Gasteiger partial charge in [-0.15, -0.1) is 0 Å². The standard InChI is InChI=1S/C18H24N2/c1-14-4-8-16(9-5-14)18(19)12-13-20(3)17-10-6-15(2)7-11-17/h4-11,18H,12-13,19H2,1-3H3. The van der Waals surface area contributed by atoms with Gasteiger partial charge in [0.25, 0.3) is 0 Å². The highest BCUT2D eigenvalue weighted by Crippen LogP contribution is 2.18. The molecular weight excluding hydrogens is 244 g/mol. The minimum atomic E-state index is 0.100. The Balaban J connectivity index is 1.91. The Hall–Kier alpha value is -1.80. The summed E-state index contributed by atoms with van der Waals surface area (Å²) in [6.45, 7) is 5.16. The summed E-state index contributed by atoms with van der Waals surface area (Å²) in [6.07, 6.45) is 0.952. The molecule has 0 spiro atoms. The first-order valence-electron chi connectivity index (χ1n) is 7.16. The zero-order valence-electron chi connectivity index (χ0n) is 12.6. The third kappa shape index (κ3) is 3.84. The quantitative estimate of drug-likeness (QED) is 0.893. The topological polar surface area (TPSA) is 29.3 Å². The van der Waals surface area contributed by atoms with E-state index in [0.29, 0.717) is 0 Å². The second kappa shape index (κ2) is 6.58. The second-order valence-electron chi connectivity index (χ2n) is 5.56. The van der Waals surface area contributed by atoms with Crippen molar-refractivity contribution in [2.45, 2.75) is 26.3 Å². The molecule has 20 heavy (non-hydrogen) atoms. The molecule has 2 N–H and O–H groups in total. The molecule has 106 valence electrons. The molecule has 2 nitrogen and oxygen atoms in total. The summed E-state index contributed by atoms with van der Waals surface area (Å²) < 4.78 is 0. The van der Waals surface area contributed by atoms with Gasteiger partial charge in [0.15, 0.2) is 0 Å². The van der Waals surface area contributed by atoms with Crippen molar-refractivity contribution in [1.82, 2.24) is 0 Å². The van der Waals surface area contributed by atoms with Gasteiger partial charge in [-0.1, -0.05) is 47.5 Å². The number of benzene rings is 2. The first-order valence-corrected chi connectivity index (χ1v) is 7.16. The summed E-state index contributed by atoms with van der Waals surface area (Å²) in [5, 5.41) is 0. The molecule has 0 saturated carbocycles. The molecule has 2 heteroatoms. The minimum Gasteiger partial charge on any atom is -0.375 e. The molecule has 2 aromatic rings. The Kier molecular flexibility index (Phi) is 4.80. The van der Waals surface area contributed by atoms with Crippen LogP contribution in [-0.4, -0.2) is 13.6 Å². The van der Waals surface area contributed by atoms with Crippen LogP contribution in [0.2, 0.25) is 0 Å². The summed E-state index contributed by atoms with van der Waals surface area (Å²) >= 11 is 0. The Labute approximate surface area is 122 Å². The molecule has 2 aromatic carbocycles. The molecule has 1 atom stereocenters. The van der Waals surface area contributed by atoms with Crippen molar-refractivity contribution < 1.29 is 0 Å². The number of rotatable bonds is 5. The minimum absolute atomic E-state index is 0.100. The third-order valence-corrected chi connectivity index (χ3v) is 3.76. The molecule has 0 fully saturated rings. The molecule has 0 heterocycles. The van der Waals surface area contributed by atoms with Gasteiger partial charge >= 0.3 is 0 Å². The molecule has 0 aliphatic carbocycles. The highest BCUT2D eigenvalue weighted by atomic mass is 15.1. The molecule has 2 rings (SSSR count). The van der Waals surface area contributed by atoms with Gasteiger partial charge in [0, 0.05) is 25.3 Å². The van der Waals surface area contributed by atoms with Gasteiger partial charge in [0.2, 0.25) is 0 Å². The van der Waals surface area contributed by atoms with Gasteiger partial charge in [0.1, 0.15) is 0 Å². The molecule has 0 aromatic heterocycles. The van der Waals surface area contributed by atoms with Crippen LogP contribution < -0.4 is 10.6 Å². The van der Waals surface area contributed by atoms with Crippen molar-refractivity contribution in [3.8, 4) is 0 Å². The second-order valence-corrected chi connectivity index (χ2v) is 5.56. The van der Waals surface area contributed by atoms with Crippen molar-refractivity contribution in [1.29, 1.82) is 0 Å². The Morgan fingerprint density at radius 2 is 1.40 bits per heavy atom. The highest BCUT2D eigenvalue weighted by molar-refractivity contribution is 5.46. The van der Waals surface area contributed by atoms with E-state index in [1.807, 2.05) is 0 Å². The van der Waals surface area contributed by atoms with Crippen LogP contribution in [0.5, 0.6) is 0 Å². The van der Waals surface area contributed by atoms with Crippen molar-refractivity contribution in [3.63, 3.8) is 0 Å². The fourth-order valence-electron chi connectivity index (χ4n) is 2.24. The fraction of sp³-hybridized carbons (Fsp3) is 0.333. The van der Waals surface area contributed by atoms with E-state index < -0.39 is 0 Å². The molecule has 1 unspecified atom stereocenters. The zero-order chi connectivity index (χ0) is 14.5. The van der Waals surface area contributed by atoms with E-state index >= 15 is 0 Å². The van der Waals surface area contributed by atoms with Crippen molar-refractivity contribution in [3.05, 3.63) is 65.2 Å². The van der Waals surface area contributed by atoms with E-state index in [1.165, 1.54) is 22.4 Å². The number of nitrogens with two attached hydrogens (primary N) is 1. The lowest BCUT2D eigenvalue weighted by Crippen LogP contribution is -2.23. The molecule has 0 aliphatic heterocycles. The lowest BCUT2D eigenvalue weighted by molar-refractivity contribution is 0.645. The van der Waals surface area contributed by atoms with Crippen LogP contribution in [0.15, 0.2) is 48.5 Å². The van der Waals surface area contributed by atoms with E-state index in [0.717, 1.165) is 13.0 Å². The largest absolute Gasteiger partial charge is 0.375 e. The van der Waals surface area contributed by atoms with E-state index in [9.17, 15) is 0 Å². The van der Waals surface area contributed by atoms with Crippen LogP contribution in [0.4, 0.5) is 5.69 Å². The van der Waals surface area contributed by atoms with Crippen LogP contribution in [0.25, 0.3) is 0 Å². The zero-order valence-corrected chi connectivity index (χ0v) is 12.6. The van der Waals surface area contributed by atoms with Crippen LogP contribution >= 0.6 is 0 Å². The lowest BCUT2D eigenvalue weighted by atomic mass is 10.0. The van der Waals surface area contributed by atoms with Crippen LogP contribution in [0.1, 0.15) is 29.2 Å². The van der Waals surface area contributed by atoms with Crippen LogP contribution in [0.3, 0.4) is 0 Å². The predicted octanol–water partition coefficient (Wildman–Crippen LogP) is 3.83. The predicted molar refractivity (Wildman–Crippen MR) is 87.2 cm³/mol. The van der Waals surface area contributed by atoms with Gasteiger partial charge in [-0.25, -0.2) is 0 Å². The first-order chi connectivity index (χ1) is 9.56. The van der Waals surface area contributed by atoms with Crippen molar-refractivity contribution in [2.24, 2.45) is 5.73 Å². The van der Waals surface area contributed by atoms with E-state index in [-0.39, 0.29) is 6.04 Å². The highest BCUT2D eigenvalue weighted by Gasteiger charge is 2.08. The van der Waals surface area contributed by atoms with E-state index in [2.05, 4.69) is 74.3 Å².